The largest absolute Gasteiger partial charge is 0.307 e. The summed E-state index contributed by atoms with van der Waals surface area (Å²) in [6, 6.07) is 3.88. The van der Waals surface area contributed by atoms with Crippen LogP contribution in [0.1, 0.15) is 44.6 Å². The highest BCUT2D eigenvalue weighted by atomic mass is 19.2. The topological polar surface area (TPSA) is 29.4 Å². The molecule has 0 spiro atoms. The first-order valence-corrected chi connectivity index (χ1v) is 7.48. The molecule has 1 aromatic carbocycles. The van der Waals surface area contributed by atoms with E-state index in [1.54, 1.807) is 13.3 Å². The molecule has 2 nitrogen and oxygen atoms in total. The van der Waals surface area contributed by atoms with Crippen molar-refractivity contribution in [1.82, 2.24) is 0 Å². The second-order valence-electron chi connectivity index (χ2n) is 6.65. The summed E-state index contributed by atoms with van der Waals surface area (Å²) in [4.78, 5) is 17.0. The molecule has 113 valence electrons. The van der Waals surface area contributed by atoms with E-state index in [1.807, 2.05) is 20.1 Å². The minimum Gasteiger partial charge on any atom is -0.307 e. The molecule has 1 atom stereocenters. The van der Waals surface area contributed by atoms with E-state index in [1.165, 1.54) is 6.07 Å². The SMILES string of the molecule is CC1(C)[B]C(=O)C2=C(C1)N=CCCC2c1ccc(F)c(F)c1. The van der Waals surface area contributed by atoms with Crippen molar-refractivity contribution in [2.24, 2.45) is 4.99 Å². The van der Waals surface area contributed by atoms with Crippen LogP contribution in [0.15, 0.2) is 34.5 Å². The Morgan fingerprint density at radius 2 is 2.05 bits per heavy atom. The summed E-state index contributed by atoms with van der Waals surface area (Å²) in [5.41, 5.74) is 2.02. The van der Waals surface area contributed by atoms with Crippen LogP contribution in [0, 0.1) is 11.6 Å². The number of allylic oxidation sites excluding steroid dienone is 2. The molecule has 22 heavy (non-hydrogen) atoms. The van der Waals surface area contributed by atoms with E-state index in [-0.39, 0.29) is 16.9 Å². The molecule has 2 heterocycles. The van der Waals surface area contributed by atoms with Gasteiger partial charge in [0.15, 0.2) is 11.6 Å². The minimum atomic E-state index is -0.877. The molecule has 0 fully saturated rings. The van der Waals surface area contributed by atoms with Gasteiger partial charge in [0.25, 0.3) is 0 Å². The molecule has 0 aliphatic carbocycles. The standard InChI is InChI=1S/C17H17BF2NO/c1-17(2)9-14-15(16(22)18-17)11(4-3-7-21-14)10-5-6-12(19)13(20)8-10/h5-8,11H,3-4,9H2,1-2H3. The molecule has 1 aromatic rings. The van der Waals surface area contributed by atoms with E-state index in [0.717, 1.165) is 11.8 Å². The van der Waals surface area contributed by atoms with Gasteiger partial charge in [0.05, 0.1) is 0 Å². The molecule has 5 heteroatoms. The smallest absolute Gasteiger partial charge is 0.215 e. The lowest BCUT2D eigenvalue weighted by atomic mass is 9.45. The Hall–Kier alpha value is -1.78. The third-order valence-electron chi connectivity index (χ3n) is 4.25. The van der Waals surface area contributed by atoms with Crippen molar-refractivity contribution in [3.05, 3.63) is 46.7 Å². The second kappa shape index (κ2) is 5.45. The lowest BCUT2D eigenvalue weighted by molar-refractivity contribution is -0.109. The average Bonchev–Trinajstić information content (AvgIpc) is 2.63. The van der Waals surface area contributed by atoms with Crippen molar-refractivity contribution in [2.45, 2.75) is 44.3 Å². The van der Waals surface area contributed by atoms with Crippen LogP contribution in [-0.4, -0.2) is 19.2 Å². The van der Waals surface area contributed by atoms with Crippen molar-refractivity contribution in [3.63, 3.8) is 0 Å². The lowest BCUT2D eigenvalue weighted by Crippen LogP contribution is -2.31. The van der Waals surface area contributed by atoms with Crippen molar-refractivity contribution in [2.75, 3.05) is 0 Å². The first kappa shape index (κ1) is 15.1. The van der Waals surface area contributed by atoms with Crippen LogP contribution in [0.5, 0.6) is 0 Å². The zero-order valence-electron chi connectivity index (χ0n) is 12.7. The normalized spacial score (nSPS) is 23.8. The minimum absolute atomic E-state index is 0.0416. The van der Waals surface area contributed by atoms with Crippen molar-refractivity contribution >= 4 is 19.2 Å². The maximum atomic E-state index is 13.6. The van der Waals surface area contributed by atoms with Gasteiger partial charge in [-0.25, -0.2) is 8.78 Å². The maximum Gasteiger partial charge on any atom is 0.215 e. The summed E-state index contributed by atoms with van der Waals surface area (Å²) in [5.74, 6) is -1.98. The lowest BCUT2D eigenvalue weighted by Gasteiger charge is -2.32. The number of carbonyl (C=O) groups excluding carboxylic acids is 1. The summed E-state index contributed by atoms with van der Waals surface area (Å²) in [6.07, 6.45) is 3.90. The van der Waals surface area contributed by atoms with Gasteiger partial charge in [0.2, 0.25) is 7.28 Å². The van der Waals surface area contributed by atoms with Gasteiger partial charge in [0, 0.05) is 23.4 Å². The first-order chi connectivity index (χ1) is 10.4. The van der Waals surface area contributed by atoms with E-state index < -0.39 is 11.6 Å². The van der Waals surface area contributed by atoms with E-state index in [0.29, 0.717) is 30.4 Å². The average molecular weight is 300 g/mol. The molecular weight excluding hydrogens is 283 g/mol. The number of nitrogens with zero attached hydrogens (tertiary/aromatic N) is 1. The van der Waals surface area contributed by atoms with Crippen LogP contribution < -0.4 is 0 Å². The molecule has 3 rings (SSSR count). The monoisotopic (exact) mass is 300 g/mol. The first-order valence-electron chi connectivity index (χ1n) is 7.48. The van der Waals surface area contributed by atoms with Gasteiger partial charge in [-0.15, -0.1) is 0 Å². The fraction of sp³-hybridized carbons (Fsp3) is 0.412. The predicted octanol–water partition coefficient (Wildman–Crippen LogP) is 4.00. The zero-order valence-corrected chi connectivity index (χ0v) is 12.7. The van der Waals surface area contributed by atoms with Crippen LogP contribution in [0.25, 0.3) is 0 Å². The molecule has 2 aliphatic rings. The number of halogens is 2. The molecular formula is C17H17BF2NO. The van der Waals surface area contributed by atoms with Crippen molar-refractivity contribution < 1.29 is 13.6 Å². The van der Waals surface area contributed by atoms with Gasteiger partial charge < -0.3 is 4.79 Å². The molecule has 1 unspecified atom stereocenters. The van der Waals surface area contributed by atoms with E-state index in [9.17, 15) is 13.6 Å². The van der Waals surface area contributed by atoms with Crippen molar-refractivity contribution in [3.8, 4) is 0 Å². The summed E-state index contributed by atoms with van der Waals surface area (Å²) in [6.45, 7) is 4.00. The van der Waals surface area contributed by atoms with E-state index in [2.05, 4.69) is 4.99 Å². The summed E-state index contributed by atoms with van der Waals surface area (Å²) >= 11 is 0. The fourth-order valence-corrected chi connectivity index (χ4v) is 3.26. The molecule has 0 N–H and O–H groups in total. The predicted molar refractivity (Wildman–Crippen MR) is 83.3 cm³/mol. The molecule has 1 radical (unpaired) electrons. The van der Waals surface area contributed by atoms with Gasteiger partial charge in [-0.2, -0.15) is 0 Å². The second-order valence-corrected chi connectivity index (χ2v) is 6.65. The number of hydrogen-bond acceptors (Lipinski definition) is 2. The Bertz CT molecular complexity index is 694. The number of benzene rings is 1. The van der Waals surface area contributed by atoms with Crippen LogP contribution in [0.4, 0.5) is 8.78 Å². The maximum absolute atomic E-state index is 13.6. The number of hydrogen-bond donors (Lipinski definition) is 0. The van der Waals surface area contributed by atoms with Gasteiger partial charge in [-0.1, -0.05) is 19.9 Å². The van der Waals surface area contributed by atoms with Gasteiger partial charge in [-0.3, -0.25) is 4.99 Å². The highest BCUT2D eigenvalue weighted by Gasteiger charge is 2.38. The molecule has 0 saturated carbocycles. The quantitative estimate of drug-likeness (QED) is 0.721. The van der Waals surface area contributed by atoms with Crippen LogP contribution >= 0.6 is 0 Å². The Kier molecular flexibility index (Phi) is 3.75. The Morgan fingerprint density at radius 1 is 1.27 bits per heavy atom. The number of aliphatic imine (C=N–C) groups is 1. The molecule has 2 aliphatic heterocycles. The molecule has 0 bridgehead atoms. The molecule has 0 amide bonds. The van der Waals surface area contributed by atoms with Gasteiger partial charge in [-0.05, 0) is 42.3 Å². The fourth-order valence-electron chi connectivity index (χ4n) is 3.26. The van der Waals surface area contributed by atoms with Crippen LogP contribution in [0.2, 0.25) is 5.31 Å². The third kappa shape index (κ3) is 2.76. The van der Waals surface area contributed by atoms with E-state index >= 15 is 0 Å². The van der Waals surface area contributed by atoms with Crippen LogP contribution in [0.3, 0.4) is 0 Å². The Morgan fingerprint density at radius 3 is 2.77 bits per heavy atom. The van der Waals surface area contributed by atoms with E-state index in [4.69, 9.17) is 0 Å². The highest BCUT2D eigenvalue weighted by Crippen LogP contribution is 2.44. The zero-order chi connectivity index (χ0) is 15.9. The van der Waals surface area contributed by atoms with Crippen molar-refractivity contribution in [1.29, 1.82) is 0 Å². The highest BCUT2D eigenvalue weighted by molar-refractivity contribution is 6.80. The Balaban J connectivity index is 2.08. The Labute approximate surface area is 129 Å². The summed E-state index contributed by atoms with van der Waals surface area (Å²) in [5, 5.41) is -0.226. The molecule has 0 saturated heterocycles. The third-order valence-corrected chi connectivity index (χ3v) is 4.25. The summed E-state index contributed by atoms with van der Waals surface area (Å²) < 4.78 is 26.7. The summed E-state index contributed by atoms with van der Waals surface area (Å²) in [7, 11) is 1.72. The molecule has 0 aromatic heterocycles. The number of carbonyl (C=O) groups is 1. The van der Waals surface area contributed by atoms with Crippen LogP contribution in [-0.2, 0) is 4.79 Å². The number of rotatable bonds is 1. The van der Waals surface area contributed by atoms with Gasteiger partial charge in [0.1, 0.15) is 5.68 Å². The van der Waals surface area contributed by atoms with Gasteiger partial charge >= 0.3 is 0 Å².